The van der Waals surface area contributed by atoms with Gasteiger partial charge in [0.25, 0.3) is 0 Å². The summed E-state index contributed by atoms with van der Waals surface area (Å²) in [5, 5.41) is 52.5. The number of phenolic OH excluding ortho intramolecular Hbond substituents is 2. The van der Waals surface area contributed by atoms with Gasteiger partial charge in [0.15, 0.2) is 16.8 Å². The van der Waals surface area contributed by atoms with Crippen LogP contribution in [0.5, 0.6) is 11.5 Å². The molecule has 518 valence electrons. The van der Waals surface area contributed by atoms with E-state index in [0.29, 0.717) is 11.1 Å². The predicted molar refractivity (Wildman–Crippen MR) is 267 cm³/mol. The van der Waals surface area contributed by atoms with Crippen LogP contribution < -0.4 is 15.3 Å². The molecule has 0 aliphatic carbocycles. The first-order valence-electron chi connectivity index (χ1n) is 25.1. The number of aromatic hydroxyl groups is 2. The fraction of sp³-hybridized carbons (Fsp3) is 0.536. The van der Waals surface area contributed by atoms with Crippen LogP contribution in [0.4, 0.5) is 119 Å². The van der Waals surface area contributed by atoms with E-state index in [9.17, 15) is 144 Å². The van der Waals surface area contributed by atoms with Crippen LogP contribution in [0.1, 0.15) is 140 Å². The van der Waals surface area contributed by atoms with Crippen LogP contribution in [0.3, 0.4) is 0 Å². The minimum atomic E-state index is -6.98. The van der Waals surface area contributed by atoms with Crippen molar-refractivity contribution in [2.75, 3.05) is 0 Å². The number of phenols is 2. The van der Waals surface area contributed by atoms with Crippen LogP contribution in [-0.2, 0) is 38.4 Å². The van der Waals surface area contributed by atoms with E-state index in [1.807, 2.05) is 48.8 Å². The molecule has 0 bridgehead atoms. The standard InChI is InChI=1S/C44H56N2O2.3C4F9O.Co/c1-41(2,3)33-23-31(39(47)35(25-33)43(7,8)9)27-45-37(29-19-15-13-16-20-29)38(30-21-17-14-18-22-30)46-28-32-24-34(42(4,5)6)26-36(40(32)48)44(10,11)12;3*5-2(6,7)1(14,3(8,9)10)4(11,12)13;/h13-28,37-38,47-48H,1-12H3;;;;/q;3*-1;+3/t37-,38-;;;;/m1..../s1. The Kier molecular flexibility index (Phi) is 26.3. The Balaban J connectivity index is 0.00000152. The molecule has 4 aromatic rings. The van der Waals surface area contributed by atoms with Crippen molar-refractivity contribution in [2.24, 2.45) is 9.98 Å². The molecule has 4 aromatic carbocycles. The van der Waals surface area contributed by atoms with Crippen LogP contribution in [0, 0.1) is 0 Å². The van der Waals surface area contributed by atoms with Crippen molar-refractivity contribution >= 4 is 12.4 Å². The molecular formula is C56H56CoF27N2O5. The van der Waals surface area contributed by atoms with E-state index in [-0.39, 0.29) is 49.9 Å². The van der Waals surface area contributed by atoms with Crippen molar-refractivity contribution in [3.05, 3.63) is 129 Å². The number of nitrogens with zero attached hydrogens (tertiary/aromatic N) is 2. The Morgan fingerprint density at radius 1 is 0.319 bits per heavy atom. The zero-order valence-electron chi connectivity index (χ0n) is 48.9. The van der Waals surface area contributed by atoms with Gasteiger partial charge in [-0.05, 0) is 56.0 Å². The van der Waals surface area contributed by atoms with Gasteiger partial charge in [0.2, 0.25) is 0 Å². The number of alkyl halides is 27. The molecule has 4 rings (SSSR count). The Morgan fingerprint density at radius 3 is 0.648 bits per heavy atom. The summed E-state index contributed by atoms with van der Waals surface area (Å²) in [7, 11) is 0. The second kappa shape index (κ2) is 28.1. The summed E-state index contributed by atoms with van der Waals surface area (Å²) in [4.78, 5) is 10.5. The first-order chi connectivity index (χ1) is 39.4. The Labute approximate surface area is 512 Å². The summed E-state index contributed by atoms with van der Waals surface area (Å²) in [5.41, 5.74) is -14.1. The summed E-state index contributed by atoms with van der Waals surface area (Å²) in [5.74, 6) is 0.508. The summed E-state index contributed by atoms with van der Waals surface area (Å²) >= 11 is 0. The molecule has 0 spiro atoms. The van der Waals surface area contributed by atoms with Gasteiger partial charge in [-0.2, -0.15) is 119 Å². The molecule has 0 saturated carbocycles. The van der Waals surface area contributed by atoms with E-state index in [2.05, 4.69) is 132 Å². The second-order valence-electron chi connectivity index (χ2n) is 23.7. The molecule has 0 heterocycles. The van der Waals surface area contributed by atoms with Crippen LogP contribution >= 0.6 is 0 Å². The van der Waals surface area contributed by atoms with Gasteiger partial charge in [-0.1, -0.05) is 156 Å². The molecule has 2 atom stereocenters. The molecular weight excluding hydrogens is 1350 g/mol. The third-order valence-corrected chi connectivity index (χ3v) is 12.5. The maximum Gasteiger partial charge on any atom is 3.00 e. The molecule has 0 saturated heterocycles. The maximum atomic E-state index is 11.6. The number of benzene rings is 4. The maximum absolute atomic E-state index is 11.6. The average molecular weight is 1410 g/mol. The second-order valence-corrected chi connectivity index (χ2v) is 23.7. The smallest absolute Gasteiger partial charge is 0.830 e. The molecule has 0 fully saturated rings. The molecule has 0 aliphatic heterocycles. The Morgan fingerprint density at radius 2 is 0.505 bits per heavy atom. The van der Waals surface area contributed by atoms with Gasteiger partial charge >= 0.3 is 72.4 Å². The summed E-state index contributed by atoms with van der Waals surface area (Å²) < 4.78 is 306. The van der Waals surface area contributed by atoms with E-state index < -0.39 is 84.5 Å². The van der Waals surface area contributed by atoms with E-state index in [1.165, 1.54) is 0 Å². The third kappa shape index (κ3) is 19.9. The fourth-order valence-corrected chi connectivity index (χ4v) is 7.29. The van der Waals surface area contributed by atoms with Gasteiger partial charge in [0.05, 0.1) is 0 Å². The number of aliphatic imine (C=N–C) groups is 2. The van der Waals surface area contributed by atoms with Gasteiger partial charge in [-0.3, -0.25) is 9.98 Å². The molecule has 91 heavy (non-hydrogen) atoms. The number of halogens is 27. The quantitative estimate of drug-likeness (QED) is 0.140. The minimum Gasteiger partial charge on any atom is -0.830 e. The van der Waals surface area contributed by atoms with Crippen LogP contribution in [0.25, 0.3) is 0 Å². The molecule has 0 amide bonds. The van der Waals surface area contributed by atoms with E-state index in [0.717, 1.165) is 33.4 Å². The monoisotopic (exact) mass is 1410 g/mol. The Bertz CT molecular complexity index is 2680. The molecule has 2 N–H and O–H groups in total. The number of hydrogen-bond acceptors (Lipinski definition) is 7. The summed E-state index contributed by atoms with van der Waals surface area (Å²) in [6.45, 7) is 25.9. The van der Waals surface area contributed by atoms with Crippen LogP contribution in [0.2, 0.25) is 0 Å². The summed E-state index contributed by atoms with van der Waals surface area (Å²) in [6, 6.07) is 28.0. The van der Waals surface area contributed by atoms with Crippen molar-refractivity contribution in [2.45, 2.75) is 189 Å². The topological polar surface area (TPSA) is 134 Å². The largest absolute Gasteiger partial charge is 3.00 e. The molecule has 7 nitrogen and oxygen atoms in total. The molecule has 0 radical (unpaired) electrons. The van der Waals surface area contributed by atoms with E-state index in [1.54, 1.807) is 0 Å². The van der Waals surface area contributed by atoms with Crippen molar-refractivity contribution < 1.29 is 161 Å². The molecule has 0 aliphatic rings. The molecule has 0 aromatic heterocycles. The van der Waals surface area contributed by atoms with Gasteiger partial charge in [-0.15, -0.1) is 0 Å². The van der Waals surface area contributed by atoms with E-state index in [4.69, 9.17) is 9.98 Å². The van der Waals surface area contributed by atoms with Crippen molar-refractivity contribution in [3.63, 3.8) is 0 Å². The molecule has 35 heteroatoms. The van der Waals surface area contributed by atoms with Gasteiger partial charge in [0.1, 0.15) is 23.6 Å². The number of hydrogen-bond donors (Lipinski definition) is 2. The zero-order chi connectivity index (χ0) is 71.7. The van der Waals surface area contributed by atoms with Crippen molar-refractivity contribution in [1.82, 2.24) is 0 Å². The summed E-state index contributed by atoms with van der Waals surface area (Å²) in [6.07, 6.45) is -59.2. The molecule has 0 unspecified atom stereocenters. The first-order valence-corrected chi connectivity index (χ1v) is 25.1. The predicted octanol–water partition coefficient (Wildman–Crippen LogP) is 16.6. The minimum absolute atomic E-state index is 0. The van der Waals surface area contributed by atoms with Crippen molar-refractivity contribution in [1.29, 1.82) is 0 Å². The van der Waals surface area contributed by atoms with Gasteiger partial charge in [-0.25, -0.2) is 0 Å². The Hall–Kier alpha value is -5.68. The first kappa shape index (κ1) is 85.3. The number of rotatable bonds is 7. The van der Waals surface area contributed by atoms with E-state index >= 15 is 0 Å². The van der Waals surface area contributed by atoms with Crippen molar-refractivity contribution in [3.8, 4) is 11.5 Å². The van der Waals surface area contributed by atoms with Crippen LogP contribution in [-0.4, -0.2) is 95.0 Å². The SMILES string of the molecule is CC(C)(C)c1cc(C=N[C@H](c2ccccc2)[C@H](N=Cc2cc(C(C)(C)C)cc(C(C)(C)C)c2O)c2ccccc2)c(O)c(C(C)(C)C)c1.[Co+3].[O-]C(C(F)(F)F)(C(F)(F)F)C(F)(F)F.[O-]C(C(F)(F)F)(C(F)(F)F)C(F)(F)F.[O-]C(C(F)(F)F)(C(F)(F)F)C(F)(F)F. The van der Waals surface area contributed by atoms with Crippen LogP contribution in [0.15, 0.2) is 94.9 Å². The average Bonchev–Trinajstić information content (AvgIpc) is 0.760. The van der Waals surface area contributed by atoms with Gasteiger partial charge in [0, 0.05) is 34.7 Å². The zero-order valence-corrected chi connectivity index (χ0v) is 50.0. The third-order valence-electron chi connectivity index (χ3n) is 12.5. The fourth-order valence-electron chi connectivity index (χ4n) is 7.29. The normalized spacial score (nSPS) is 15.0. The van der Waals surface area contributed by atoms with Gasteiger partial charge < -0.3 is 25.5 Å².